The molecule has 0 saturated carbocycles. The Labute approximate surface area is 252 Å². The van der Waals surface area contributed by atoms with Crippen LogP contribution in [0.4, 0.5) is 13.2 Å². The van der Waals surface area contributed by atoms with Gasteiger partial charge in [0, 0.05) is 53.8 Å². The van der Waals surface area contributed by atoms with Gasteiger partial charge in [0.05, 0.1) is 30.1 Å². The molecule has 10 radical (unpaired) electrons. The van der Waals surface area contributed by atoms with Crippen LogP contribution in [0, 0.1) is 11.3 Å². The predicted octanol–water partition coefficient (Wildman–Crippen LogP) is 1.91. The van der Waals surface area contributed by atoms with E-state index in [2.05, 4.69) is 11.2 Å². The van der Waals surface area contributed by atoms with E-state index in [9.17, 15) is 28.3 Å². The van der Waals surface area contributed by atoms with Crippen molar-refractivity contribution >= 4 is 56.5 Å². The summed E-state index contributed by atoms with van der Waals surface area (Å²) in [4.78, 5) is 16.7. The third-order valence-electron chi connectivity index (χ3n) is 6.81. The molecule has 1 N–H and O–H groups in total. The number of aliphatic hydroxyl groups is 1. The van der Waals surface area contributed by atoms with Crippen molar-refractivity contribution in [3.05, 3.63) is 75.3 Å². The van der Waals surface area contributed by atoms with Crippen LogP contribution >= 0.6 is 11.3 Å². The first-order chi connectivity index (χ1) is 19.5. The Morgan fingerprint density at radius 1 is 1.21 bits per heavy atom. The minimum Gasteiger partial charge on any atom is -0.395 e. The number of hydrogen-bond acceptors (Lipinski definition) is 6. The average molecular weight is 579 g/mol. The highest BCUT2D eigenvalue weighted by molar-refractivity contribution is 7.12. The zero-order valence-electron chi connectivity index (χ0n) is 22.5. The topological polar surface area (TPSA) is 85.4 Å². The van der Waals surface area contributed by atoms with Gasteiger partial charge in [0.1, 0.15) is 26.6 Å². The second kappa shape index (κ2) is 11.9. The third-order valence-corrected chi connectivity index (χ3v) is 7.85. The largest absolute Gasteiger partial charge is 0.435 e. The Kier molecular flexibility index (Phi) is 8.98. The molecule has 1 amide bonds. The van der Waals surface area contributed by atoms with Crippen LogP contribution in [-0.4, -0.2) is 93.7 Å². The molecule has 0 saturated heterocycles. The summed E-state index contributed by atoms with van der Waals surface area (Å²) in [5.41, 5.74) is -1.94. The lowest BCUT2D eigenvalue weighted by Gasteiger charge is -2.46. The minimum absolute atomic E-state index is 0.0782. The number of hydrogen-bond donors (Lipinski definition) is 1. The summed E-state index contributed by atoms with van der Waals surface area (Å²) < 4.78 is 43.2. The summed E-state index contributed by atoms with van der Waals surface area (Å²) in [6, 6.07) is 10.5. The summed E-state index contributed by atoms with van der Waals surface area (Å²) >= 11 is 1.21. The number of fused-ring (bicyclic) bond motifs is 1. The van der Waals surface area contributed by atoms with Crippen LogP contribution in [-0.2, 0) is 24.1 Å². The van der Waals surface area contributed by atoms with Crippen LogP contribution < -0.4 is 0 Å². The van der Waals surface area contributed by atoms with Gasteiger partial charge in [0.25, 0.3) is 0 Å². The summed E-state index contributed by atoms with van der Waals surface area (Å²) in [7, 11) is 27.8. The van der Waals surface area contributed by atoms with Crippen molar-refractivity contribution in [2.24, 2.45) is 0 Å². The number of nitrogens with zero attached hydrogens (tertiary/aromatic N) is 5. The van der Waals surface area contributed by atoms with E-state index in [-0.39, 0.29) is 31.7 Å². The van der Waals surface area contributed by atoms with Gasteiger partial charge in [-0.1, -0.05) is 35.6 Å². The molecule has 0 bridgehead atoms. The fraction of sp³-hybridized carbons (Fsp3) is 0.346. The van der Waals surface area contributed by atoms with Gasteiger partial charge >= 0.3 is 6.18 Å². The van der Waals surface area contributed by atoms with Crippen molar-refractivity contribution in [3.8, 4) is 17.2 Å². The Morgan fingerprint density at radius 2 is 1.90 bits per heavy atom. The van der Waals surface area contributed by atoms with Crippen LogP contribution in [0.2, 0.25) is 0 Å². The van der Waals surface area contributed by atoms with E-state index in [1.165, 1.54) is 39.3 Å². The number of aromatic nitrogens is 2. The van der Waals surface area contributed by atoms with Crippen LogP contribution in [0.1, 0.15) is 39.4 Å². The lowest BCUT2D eigenvalue weighted by molar-refractivity contribution is -0.141. The number of alkyl halides is 3. The summed E-state index contributed by atoms with van der Waals surface area (Å²) in [5, 5.41) is 21.2. The Hall–Kier alpha value is -3.14. The molecule has 0 unspecified atom stereocenters. The van der Waals surface area contributed by atoms with Crippen molar-refractivity contribution in [2.75, 3.05) is 13.1 Å². The molecule has 0 spiro atoms. The van der Waals surface area contributed by atoms with Gasteiger partial charge in [-0.2, -0.15) is 23.5 Å². The second-order valence-corrected chi connectivity index (χ2v) is 11.0. The summed E-state index contributed by atoms with van der Waals surface area (Å²) in [6.07, 6.45) is -0.814. The smallest absolute Gasteiger partial charge is 0.395 e. The molecule has 1 aliphatic rings. The molecule has 1 aliphatic heterocycles. The highest BCUT2D eigenvalue weighted by Crippen LogP contribution is 2.44. The highest BCUT2D eigenvalue weighted by Gasteiger charge is 2.39. The number of benzene rings is 1. The minimum atomic E-state index is -4.69. The molecule has 7 nitrogen and oxygen atoms in total. The Balaban J connectivity index is 1.73. The van der Waals surface area contributed by atoms with E-state index in [4.69, 9.17) is 39.2 Å². The summed E-state index contributed by atoms with van der Waals surface area (Å²) in [6.45, 7) is 1.92. The zero-order valence-corrected chi connectivity index (χ0v) is 23.4. The maximum atomic E-state index is 14.0. The quantitative estimate of drug-likeness (QED) is 0.251. The molecule has 3 aromatic rings. The predicted molar refractivity (Wildman–Crippen MR) is 157 cm³/mol. The first kappa shape index (κ1) is 31.8. The van der Waals surface area contributed by atoms with Crippen LogP contribution in [0.25, 0.3) is 11.1 Å². The van der Waals surface area contributed by atoms with E-state index >= 15 is 0 Å². The maximum Gasteiger partial charge on any atom is 0.435 e. The van der Waals surface area contributed by atoms with Gasteiger partial charge in [0.2, 0.25) is 5.91 Å². The molecule has 1 atom stereocenters. The van der Waals surface area contributed by atoms with Crippen LogP contribution in [0.5, 0.6) is 0 Å². The van der Waals surface area contributed by atoms with E-state index in [1.54, 1.807) is 37.3 Å². The highest BCUT2D eigenvalue weighted by atomic mass is 32.1. The molecule has 16 heteroatoms. The molecular weight excluding hydrogens is 557 g/mol. The number of nitriles is 1. The molecule has 42 heavy (non-hydrogen) atoms. The van der Waals surface area contributed by atoms with Crippen molar-refractivity contribution in [1.82, 2.24) is 19.6 Å². The average Bonchev–Trinajstić information content (AvgIpc) is 3.53. The molecule has 0 aliphatic carbocycles. The van der Waals surface area contributed by atoms with Crippen molar-refractivity contribution in [3.63, 3.8) is 0 Å². The second-order valence-electron chi connectivity index (χ2n) is 9.89. The van der Waals surface area contributed by atoms with Crippen LogP contribution in [0.15, 0.2) is 48.7 Å². The monoisotopic (exact) mass is 579 g/mol. The van der Waals surface area contributed by atoms with E-state index in [1.807, 2.05) is 0 Å². The third kappa shape index (κ3) is 6.74. The fourth-order valence-corrected chi connectivity index (χ4v) is 5.96. The molecule has 4 rings (SSSR count). The van der Waals surface area contributed by atoms with Crippen LogP contribution in [0.3, 0.4) is 0 Å². The number of carbonyl (C=O) groups is 1. The normalized spacial score (nSPS) is 16.1. The fourth-order valence-electron chi connectivity index (χ4n) is 4.92. The number of thiophene rings is 1. The molecule has 3 heterocycles. The zero-order chi connectivity index (χ0) is 31.0. The Bertz CT molecular complexity index is 1520. The van der Waals surface area contributed by atoms with Gasteiger partial charge in [-0.3, -0.25) is 9.48 Å². The number of amides is 1. The lowest BCUT2D eigenvalue weighted by atomic mass is 9.46. The summed E-state index contributed by atoms with van der Waals surface area (Å²) in [5.74, 6) is -1.01. The first-order valence-electron chi connectivity index (χ1n) is 12.7. The number of rotatable bonds is 8. The molecular formula is C26H21B5F3N5O2S. The number of halogens is 3. The van der Waals surface area contributed by atoms with E-state index < -0.39 is 34.5 Å². The SMILES string of the molecule is [B]C([B])([B])N(C/C=C/C(=O)N1Cc2sc(C#N)cc2[C@H](c2ccccc2-c2cn(CC)nc2C(F)(F)F)C1)C([B])([B])O. The van der Waals surface area contributed by atoms with Gasteiger partial charge < -0.3 is 14.9 Å². The molecule has 2 aromatic heterocycles. The maximum absolute atomic E-state index is 14.0. The van der Waals surface area contributed by atoms with E-state index in [0.29, 0.717) is 16.0 Å². The number of carbonyl (C=O) groups excluding carboxylic acids is 1. The number of aryl methyl sites for hydroxylation is 1. The van der Waals surface area contributed by atoms with Crippen molar-refractivity contribution in [2.45, 2.75) is 42.9 Å². The van der Waals surface area contributed by atoms with Crippen molar-refractivity contribution in [1.29, 1.82) is 5.26 Å². The molecule has 0 fully saturated rings. The van der Waals surface area contributed by atoms with Gasteiger partial charge in [-0.05, 0) is 29.7 Å². The first-order valence-corrected chi connectivity index (χ1v) is 13.5. The molecule has 1 aromatic carbocycles. The Morgan fingerprint density at radius 3 is 2.50 bits per heavy atom. The van der Waals surface area contributed by atoms with Gasteiger partial charge in [0.15, 0.2) is 5.69 Å². The van der Waals surface area contributed by atoms with Crippen molar-refractivity contribution < 1.29 is 23.1 Å². The van der Waals surface area contributed by atoms with Gasteiger partial charge in [-0.15, -0.1) is 11.3 Å². The lowest BCUT2D eigenvalue weighted by Crippen LogP contribution is -2.63. The standard InChI is InChI=1S/C26H21B5F3N5O2S/c1-2-38-13-20(23(36-38)24(32,33)34)17-7-4-3-6-16(17)19-12-37(14-21-18(19)10-15(11-35)42-21)22(40)8-5-9-39(25(27,28)29)26(30,31)41/h3-8,10,13,19,41H,2,9,12,14H2,1H3/b8-5+/t19-/m0/s1. The molecule has 204 valence electrons. The van der Waals surface area contributed by atoms with E-state index in [0.717, 1.165) is 15.3 Å². The van der Waals surface area contributed by atoms with Gasteiger partial charge in [-0.25, -0.2) is 0 Å².